The lowest BCUT2D eigenvalue weighted by Gasteiger charge is -2.09. The summed E-state index contributed by atoms with van der Waals surface area (Å²) in [4.78, 5) is 7.21. The zero-order valence-corrected chi connectivity index (χ0v) is 11.8. The third-order valence-electron chi connectivity index (χ3n) is 3.80. The van der Waals surface area contributed by atoms with Gasteiger partial charge in [-0.15, -0.1) is 0 Å². The zero-order valence-electron chi connectivity index (χ0n) is 11.8. The van der Waals surface area contributed by atoms with Crippen molar-refractivity contribution in [1.29, 1.82) is 0 Å². The summed E-state index contributed by atoms with van der Waals surface area (Å²) in [5.41, 5.74) is 4.97. The molecule has 0 unspecified atom stereocenters. The molecular weight excluding hydrogens is 275 g/mol. The van der Waals surface area contributed by atoms with Crippen LogP contribution >= 0.6 is 0 Å². The molecule has 4 aromatic rings. The smallest absolute Gasteiger partial charge is 0.142 e. The summed E-state index contributed by atoms with van der Waals surface area (Å²) in [6, 6.07) is 19.8. The lowest BCUT2D eigenvalue weighted by atomic mass is 9.95. The third-order valence-corrected chi connectivity index (χ3v) is 3.80. The number of nitrogens with one attached hydrogen (secondary N) is 1. The molecule has 0 aliphatic rings. The van der Waals surface area contributed by atoms with E-state index in [1.165, 1.54) is 12.3 Å². The molecule has 1 N–H and O–H groups in total. The van der Waals surface area contributed by atoms with Gasteiger partial charge in [-0.2, -0.15) is 0 Å². The van der Waals surface area contributed by atoms with Crippen LogP contribution in [0.2, 0.25) is 0 Å². The highest BCUT2D eigenvalue weighted by Crippen LogP contribution is 2.35. The van der Waals surface area contributed by atoms with Crippen LogP contribution in [-0.2, 0) is 0 Å². The Morgan fingerprint density at radius 2 is 1.55 bits per heavy atom. The standard InChI is InChI=1S/C19H13FN2/c20-14-10-17-18(12-22-19(17)21-11-14)16-9-5-4-8-15(16)13-6-2-1-3-7-13/h1-12H,(H,21,22). The van der Waals surface area contributed by atoms with Gasteiger partial charge in [0, 0.05) is 17.1 Å². The molecular formula is C19H13FN2. The highest BCUT2D eigenvalue weighted by molar-refractivity contribution is 5.98. The van der Waals surface area contributed by atoms with E-state index >= 15 is 0 Å². The fraction of sp³-hybridized carbons (Fsp3) is 0. The molecule has 2 aromatic heterocycles. The molecule has 0 saturated carbocycles. The normalized spacial score (nSPS) is 11.0. The Morgan fingerprint density at radius 3 is 2.36 bits per heavy atom. The summed E-state index contributed by atoms with van der Waals surface area (Å²) >= 11 is 0. The van der Waals surface area contributed by atoms with Crippen molar-refractivity contribution >= 4 is 11.0 Å². The van der Waals surface area contributed by atoms with Gasteiger partial charge in [-0.1, -0.05) is 54.6 Å². The maximum absolute atomic E-state index is 13.6. The number of pyridine rings is 1. The van der Waals surface area contributed by atoms with Crippen LogP contribution in [0, 0.1) is 5.82 Å². The minimum Gasteiger partial charge on any atom is -0.346 e. The highest BCUT2D eigenvalue weighted by Gasteiger charge is 2.12. The van der Waals surface area contributed by atoms with Crippen LogP contribution in [0.1, 0.15) is 0 Å². The molecule has 0 aliphatic carbocycles. The van der Waals surface area contributed by atoms with Crippen molar-refractivity contribution in [2.75, 3.05) is 0 Å². The van der Waals surface area contributed by atoms with E-state index in [0.717, 1.165) is 27.6 Å². The van der Waals surface area contributed by atoms with Gasteiger partial charge < -0.3 is 4.98 Å². The number of nitrogens with zero attached hydrogens (tertiary/aromatic N) is 1. The first-order chi connectivity index (χ1) is 10.8. The second-order valence-electron chi connectivity index (χ2n) is 5.16. The van der Waals surface area contributed by atoms with Crippen LogP contribution in [0.25, 0.3) is 33.3 Å². The van der Waals surface area contributed by atoms with E-state index in [9.17, 15) is 4.39 Å². The van der Waals surface area contributed by atoms with Gasteiger partial charge >= 0.3 is 0 Å². The Labute approximate surface area is 127 Å². The van der Waals surface area contributed by atoms with E-state index in [1.54, 1.807) is 0 Å². The van der Waals surface area contributed by atoms with Gasteiger partial charge in [0.1, 0.15) is 11.5 Å². The molecule has 0 atom stereocenters. The molecule has 0 aliphatic heterocycles. The minimum absolute atomic E-state index is 0.328. The number of halogens is 1. The van der Waals surface area contributed by atoms with Crippen LogP contribution < -0.4 is 0 Å². The molecule has 0 saturated heterocycles. The second kappa shape index (κ2) is 5.11. The Hall–Kier alpha value is -2.94. The predicted molar refractivity (Wildman–Crippen MR) is 86.9 cm³/mol. The summed E-state index contributed by atoms with van der Waals surface area (Å²) in [5, 5.41) is 0.795. The molecule has 0 amide bonds. The van der Waals surface area contributed by atoms with Crippen LogP contribution in [0.4, 0.5) is 4.39 Å². The number of H-pyrrole nitrogens is 1. The number of aromatic amines is 1. The molecule has 2 nitrogen and oxygen atoms in total. The molecule has 106 valence electrons. The van der Waals surface area contributed by atoms with Crippen molar-refractivity contribution in [3.8, 4) is 22.3 Å². The first kappa shape index (κ1) is 12.8. The van der Waals surface area contributed by atoms with Crippen molar-refractivity contribution in [1.82, 2.24) is 9.97 Å². The number of fused-ring (bicyclic) bond motifs is 1. The fourth-order valence-corrected chi connectivity index (χ4v) is 2.79. The Balaban J connectivity index is 1.98. The van der Waals surface area contributed by atoms with Crippen molar-refractivity contribution in [2.24, 2.45) is 0 Å². The van der Waals surface area contributed by atoms with Crippen LogP contribution in [0.3, 0.4) is 0 Å². The molecule has 22 heavy (non-hydrogen) atoms. The quantitative estimate of drug-likeness (QED) is 0.550. The first-order valence-corrected chi connectivity index (χ1v) is 7.10. The first-order valence-electron chi connectivity index (χ1n) is 7.10. The van der Waals surface area contributed by atoms with Gasteiger partial charge in [0.05, 0.1) is 6.20 Å². The molecule has 3 heteroatoms. The zero-order chi connectivity index (χ0) is 14.9. The topological polar surface area (TPSA) is 28.7 Å². The number of aromatic nitrogens is 2. The van der Waals surface area contributed by atoms with Gasteiger partial charge in [0.25, 0.3) is 0 Å². The summed E-state index contributed by atoms with van der Waals surface area (Å²) in [5.74, 6) is -0.328. The molecule has 4 rings (SSSR count). The van der Waals surface area contributed by atoms with E-state index in [-0.39, 0.29) is 5.82 Å². The van der Waals surface area contributed by atoms with Crippen LogP contribution in [-0.4, -0.2) is 9.97 Å². The lowest BCUT2D eigenvalue weighted by molar-refractivity contribution is 0.624. The van der Waals surface area contributed by atoms with Gasteiger partial charge in [-0.05, 0) is 22.8 Å². The van der Waals surface area contributed by atoms with Crippen LogP contribution in [0.5, 0.6) is 0 Å². The van der Waals surface area contributed by atoms with Crippen molar-refractivity contribution < 1.29 is 4.39 Å². The molecule has 2 aromatic carbocycles. The number of benzene rings is 2. The van der Waals surface area contributed by atoms with Crippen molar-refractivity contribution in [3.63, 3.8) is 0 Å². The van der Waals surface area contributed by atoms with Gasteiger partial charge in [-0.3, -0.25) is 0 Å². The van der Waals surface area contributed by atoms with Crippen LogP contribution in [0.15, 0.2) is 73.1 Å². The van der Waals surface area contributed by atoms with E-state index in [2.05, 4.69) is 34.2 Å². The second-order valence-corrected chi connectivity index (χ2v) is 5.16. The van der Waals surface area contributed by atoms with Gasteiger partial charge in [0.2, 0.25) is 0 Å². The average molecular weight is 288 g/mol. The lowest BCUT2D eigenvalue weighted by Crippen LogP contribution is -1.85. The predicted octanol–water partition coefficient (Wildman–Crippen LogP) is 5.04. The van der Waals surface area contributed by atoms with E-state index in [1.807, 2.05) is 36.5 Å². The van der Waals surface area contributed by atoms with Gasteiger partial charge in [0.15, 0.2) is 0 Å². The summed E-state index contributed by atoms with van der Waals surface area (Å²) in [7, 11) is 0. The number of hydrogen-bond donors (Lipinski definition) is 1. The highest BCUT2D eigenvalue weighted by atomic mass is 19.1. The van der Waals surface area contributed by atoms with Crippen molar-refractivity contribution in [3.05, 3.63) is 78.9 Å². The summed E-state index contributed by atoms with van der Waals surface area (Å²) in [6.07, 6.45) is 3.12. The number of rotatable bonds is 2. The van der Waals surface area contributed by atoms with Gasteiger partial charge in [-0.25, -0.2) is 9.37 Å². The van der Waals surface area contributed by atoms with E-state index in [0.29, 0.717) is 5.65 Å². The number of hydrogen-bond acceptors (Lipinski definition) is 1. The maximum Gasteiger partial charge on any atom is 0.142 e. The molecule has 2 heterocycles. The molecule has 0 fully saturated rings. The largest absolute Gasteiger partial charge is 0.346 e. The fourth-order valence-electron chi connectivity index (χ4n) is 2.79. The van der Waals surface area contributed by atoms with E-state index in [4.69, 9.17) is 0 Å². The maximum atomic E-state index is 13.6. The SMILES string of the molecule is Fc1cnc2[nH]cc(-c3ccccc3-c3ccccc3)c2c1. The minimum atomic E-state index is -0.328. The monoisotopic (exact) mass is 288 g/mol. The summed E-state index contributed by atoms with van der Waals surface area (Å²) < 4.78 is 13.6. The Bertz CT molecular complexity index is 942. The Morgan fingerprint density at radius 1 is 0.818 bits per heavy atom. The Kier molecular flexibility index (Phi) is 2.97. The molecule has 0 bridgehead atoms. The molecule has 0 spiro atoms. The van der Waals surface area contributed by atoms with E-state index < -0.39 is 0 Å². The molecule has 0 radical (unpaired) electrons. The third kappa shape index (κ3) is 2.07. The average Bonchev–Trinajstić information content (AvgIpc) is 2.98. The summed E-state index contributed by atoms with van der Waals surface area (Å²) in [6.45, 7) is 0. The van der Waals surface area contributed by atoms with Crippen molar-refractivity contribution in [2.45, 2.75) is 0 Å².